The van der Waals surface area contributed by atoms with E-state index < -0.39 is 5.97 Å². The summed E-state index contributed by atoms with van der Waals surface area (Å²) in [6.45, 7) is 2.09. The van der Waals surface area contributed by atoms with E-state index in [4.69, 9.17) is 14.2 Å². The summed E-state index contributed by atoms with van der Waals surface area (Å²) >= 11 is 0. The molecule has 0 unspecified atom stereocenters. The van der Waals surface area contributed by atoms with Crippen molar-refractivity contribution < 1.29 is 23.8 Å². The molecule has 2 aromatic carbocycles. The third-order valence-corrected chi connectivity index (χ3v) is 3.40. The quantitative estimate of drug-likeness (QED) is 0.605. The van der Waals surface area contributed by atoms with E-state index in [1.807, 2.05) is 31.2 Å². The molecule has 5 nitrogen and oxygen atoms in total. The third kappa shape index (κ3) is 3.69. The van der Waals surface area contributed by atoms with Crippen LogP contribution in [0.3, 0.4) is 0 Å². The summed E-state index contributed by atoms with van der Waals surface area (Å²) < 4.78 is 15.7. The molecule has 120 valence electrons. The Balaban J connectivity index is 2.27. The number of aldehydes is 1. The predicted octanol–water partition coefficient (Wildman–Crippen LogP) is 3.18. The van der Waals surface area contributed by atoms with Crippen LogP contribution < -0.4 is 9.47 Å². The van der Waals surface area contributed by atoms with Crippen molar-refractivity contribution in [1.82, 2.24) is 0 Å². The molecule has 0 spiro atoms. The molecule has 2 aromatic rings. The van der Waals surface area contributed by atoms with E-state index in [0.717, 1.165) is 11.1 Å². The van der Waals surface area contributed by atoms with Crippen LogP contribution in [-0.2, 0) is 11.3 Å². The van der Waals surface area contributed by atoms with Crippen molar-refractivity contribution in [1.29, 1.82) is 0 Å². The van der Waals surface area contributed by atoms with Gasteiger partial charge >= 0.3 is 5.97 Å². The molecule has 0 radical (unpaired) electrons. The van der Waals surface area contributed by atoms with Crippen LogP contribution in [0.5, 0.6) is 11.5 Å². The number of aryl methyl sites for hydroxylation is 1. The average Bonchev–Trinajstić information content (AvgIpc) is 2.59. The van der Waals surface area contributed by atoms with Gasteiger partial charge in [-0.25, -0.2) is 4.79 Å². The lowest BCUT2D eigenvalue weighted by atomic mass is 10.1. The normalized spacial score (nSPS) is 10.0. The topological polar surface area (TPSA) is 61.8 Å². The Hall–Kier alpha value is -2.82. The zero-order valence-electron chi connectivity index (χ0n) is 13.3. The molecule has 0 N–H and O–H groups in total. The maximum absolute atomic E-state index is 12.4. The van der Waals surface area contributed by atoms with Crippen LogP contribution in [0.1, 0.15) is 31.8 Å². The molecule has 0 saturated carbocycles. The first kappa shape index (κ1) is 16.5. The van der Waals surface area contributed by atoms with Crippen molar-refractivity contribution in [3.63, 3.8) is 0 Å². The van der Waals surface area contributed by atoms with E-state index in [2.05, 4.69) is 0 Å². The largest absolute Gasteiger partial charge is 0.493 e. The molecule has 0 saturated heterocycles. The number of carbonyl (C=O) groups is 2. The van der Waals surface area contributed by atoms with Gasteiger partial charge in [-0.1, -0.05) is 29.8 Å². The minimum atomic E-state index is -0.636. The highest BCUT2D eigenvalue weighted by Gasteiger charge is 2.22. The van der Waals surface area contributed by atoms with Gasteiger partial charge in [0.2, 0.25) is 0 Å². The zero-order valence-corrected chi connectivity index (χ0v) is 13.3. The lowest BCUT2D eigenvalue weighted by Crippen LogP contribution is -2.11. The minimum Gasteiger partial charge on any atom is -0.493 e. The molecular formula is C18H18O5. The summed E-state index contributed by atoms with van der Waals surface area (Å²) in [7, 11) is 2.86. The fourth-order valence-electron chi connectivity index (χ4n) is 2.16. The van der Waals surface area contributed by atoms with Crippen molar-refractivity contribution >= 4 is 12.3 Å². The lowest BCUT2D eigenvalue weighted by molar-refractivity contribution is 0.0466. The van der Waals surface area contributed by atoms with Gasteiger partial charge in [0.15, 0.2) is 17.8 Å². The number of esters is 1. The number of carbonyl (C=O) groups excluding carboxylic acids is 2. The summed E-state index contributed by atoms with van der Waals surface area (Å²) in [6, 6.07) is 10.7. The molecular weight excluding hydrogens is 296 g/mol. The second kappa shape index (κ2) is 7.45. The van der Waals surface area contributed by atoms with E-state index in [-0.39, 0.29) is 23.5 Å². The van der Waals surface area contributed by atoms with E-state index >= 15 is 0 Å². The molecule has 2 rings (SSSR count). The summed E-state index contributed by atoms with van der Waals surface area (Å²) in [5, 5.41) is 0. The molecule has 0 aliphatic rings. The molecule has 5 heteroatoms. The first-order chi connectivity index (χ1) is 11.1. The van der Waals surface area contributed by atoms with Crippen LogP contribution in [0.2, 0.25) is 0 Å². The molecule has 0 aliphatic carbocycles. The molecule has 0 aliphatic heterocycles. The summed E-state index contributed by atoms with van der Waals surface area (Å²) in [4.78, 5) is 23.6. The Morgan fingerprint density at radius 2 is 1.74 bits per heavy atom. The van der Waals surface area contributed by atoms with E-state index in [0.29, 0.717) is 12.0 Å². The van der Waals surface area contributed by atoms with Crippen molar-refractivity contribution in [2.45, 2.75) is 13.5 Å². The van der Waals surface area contributed by atoms with Crippen LogP contribution >= 0.6 is 0 Å². The zero-order chi connectivity index (χ0) is 16.8. The van der Waals surface area contributed by atoms with Crippen LogP contribution in [0.15, 0.2) is 36.4 Å². The summed E-state index contributed by atoms with van der Waals surface area (Å²) in [6.07, 6.45) is 0.588. The van der Waals surface area contributed by atoms with Crippen molar-refractivity contribution in [2.75, 3.05) is 14.2 Å². The highest BCUT2D eigenvalue weighted by molar-refractivity contribution is 6.01. The highest BCUT2D eigenvalue weighted by Crippen LogP contribution is 2.33. The number of ether oxygens (including phenoxy) is 3. The average molecular weight is 314 g/mol. The van der Waals surface area contributed by atoms with Gasteiger partial charge in [-0.05, 0) is 24.6 Å². The minimum absolute atomic E-state index is 0.0639. The number of hydrogen-bond donors (Lipinski definition) is 0. The van der Waals surface area contributed by atoms with Crippen molar-refractivity contribution in [2.24, 2.45) is 0 Å². The maximum Gasteiger partial charge on any atom is 0.343 e. The molecule has 0 aromatic heterocycles. The van der Waals surface area contributed by atoms with Gasteiger partial charge in [0, 0.05) is 5.56 Å². The van der Waals surface area contributed by atoms with Crippen LogP contribution in [0, 0.1) is 6.92 Å². The van der Waals surface area contributed by atoms with Gasteiger partial charge in [0.05, 0.1) is 14.2 Å². The number of methoxy groups -OCH3 is 2. The summed E-state index contributed by atoms with van der Waals surface area (Å²) in [5.41, 5.74) is 2.24. The molecule has 0 bridgehead atoms. The van der Waals surface area contributed by atoms with Crippen molar-refractivity contribution in [3.05, 3.63) is 58.7 Å². The Bertz CT molecular complexity index is 704. The number of hydrogen-bond acceptors (Lipinski definition) is 5. The van der Waals surface area contributed by atoms with E-state index in [9.17, 15) is 9.59 Å². The third-order valence-electron chi connectivity index (χ3n) is 3.40. The first-order valence-electron chi connectivity index (χ1n) is 7.03. The first-order valence-corrected chi connectivity index (χ1v) is 7.03. The Morgan fingerprint density at radius 3 is 2.30 bits per heavy atom. The second-order valence-electron chi connectivity index (χ2n) is 4.94. The van der Waals surface area contributed by atoms with Gasteiger partial charge in [-0.15, -0.1) is 0 Å². The SMILES string of the molecule is COc1ccc(C=O)c(C(=O)OCc2ccc(C)cc2)c1OC. The Morgan fingerprint density at radius 1 is 1.04 bits per heavy atom. The lowest BCUT2D eigenvalue weighted by Gasteiger charge is -2.14. The van der Waals surface area contributed by atoms with Gasteiger partial charge in [0.25, 0.3) is 0 Å². The predicted molar refractivity (Wildman–Crippen MR) is 85.2 cm³/mol. The number of benzene rings is 2. The fourth-order valence-corrected chi connectivity index (χ4v) is 2.16. The van der Waals surface area contributed by atoms with Crippen LogP contribution in [0.25, 0.3) is 0 Å². The van der Waals surface area contributed by atoms with Crippen LogP contribution in [-0.4, -0.2) is 26.5 Å². The van der Waals surface area contributed by atoms with E-state index in [1.54, 1.807) is 6.07 Å². The van der Waals surface area contributed by atoms with Gasteiger partial charge in [-0.2, -0.15) is 0 Å². The monoisotopic (exact) mass is 314 g/mol. The Labute approximate surface area is 134 Å². The smallest absolute Gasteiger partial charge is 0.343 e. The second-order valence-corrected chi connectivity index (χ2v) is 4.94. The maximum atomic E-state index is 12.4. The van der Waals surface area contributed by atoms with Crippen molar-refractivity contribution in [3.8, 4) is 11.5 Å². The van der Waals surface area contributed by atoms with Gasteiger partial charge in [0.1, 0.15) is 12.2 Å². The molecule has 0 amide bonds. The standard InChI is InChI=1S/C18H18O5/c1-12-4-6-13(7-5-12)11-23-18(20)16-14(10-19)8-9-15(21-2)17(16)22-3/h4-10H,11H2,1-3H3. The highest BCUT2D eigenvalue weighted by atomic mass is 16.5. The molecule has 0 heterocycles. The van der Waals surface area contributed by atoms with Gasteiger partial charge < -0.3 is 14.2 Å². The number of rotatable bonds is 6. The Kier molecular flexibility index (Phi) is 5.36. The van der Waals surface area contributed by atoms with Gasteiger partial charge in [-0.3, -0.25) is 4.79 Å². The molecule has 0 fully saturated rings. The van der Waals surface area contributed by atoms with Crippen LogP contribution in [0.4, 0.5) is 0 Å². The molecule has 0 atom stereocenters. The van der Waals surface area contributed by atoms with E-state index in [1.165, 1.54) is 20.3 Å². The fraction of sp³-hybridized carbons (Fsp3) is 0.222. The summed E-state index contributed by atoms with van der Waals surface area (Å²) in [5.74, 6) is -0.0881. The molecule has 23 heavy (non-hydrogen) atoms.